The van der Waals surface area contributed by atoms with E-state index in [1.807, 2.05) is 0 Å². The first-order valence-corrected chi connectivity index (χ1v) is 8.52. The molecule has 3 heteroatoms. The predicted octanol–water partition coefficient (Wildman–Crippen LogP) is 3.67. The van der Waals surface area contributed by atoms with Gasteiger partial charge in [-0.05, 0) is 86.4 Å². The number of benzene rings is 1. The summed E-state index contributed by atoms with van der Waals surface area (Å²) in [5.41, 5.74) is 17.1. The standard InChI is InChI=1S/C19H34N2O/c1-7-8-22-18-9-12(2)19(16(6)14(18)4)15(5)13(3)17(10-20)11-21/h9,13,15,17H,7-8,10-11,20-21H2,1-6H3. The number of rotatable bonds is 8. The van der Waals surface area contributed by atoms with E-state index in [9.17, 15) is 0 Å². The van der Waals surface area contributed by atoms with Gasteiger partial charge in [-0.2, -0.15) is 0 Å². The van der Waals surface area contributed by atoms with Gasteiger partial charge in [0.2, 0.25) is 0 Å². The zero-order valence-corrected chi connectivity index (χ0v) is 15.2. The SMILES string of the molecule is CCCOc1cc(C)c(C(C)C(C)C(CN)CN)c(C)c1C. The molecule has 0 spiro atoms. The van der Waals surface area contributed by atoms with Gasteiger partial charge < -0.3 is 16.2 Å². The van der Waals surface area contributed by atoms with Crippen LogP contribution < -0.4 is 16.2 Å². The van der Waals surface area contributed by atoms with E-state index in [1.54, 1.807) is 0 Å². The Kier molecular flexibility index (Phi) is 7.37. The maximum absolute atomic E-state index is 5.89. The molecule has 0 aliphatic carbocycles. The molecule has 0 amide bonds. The maximum Gasteiger partial charge on any atom is 0.122 e. The van der Waals surface area contributed by atoms with Gasteiger partial charge in [0.15, 0.2) is 0 Å². The average molecular weight is 306 g/mol. The molecule has 0 aromatic heterocycles. The van der Waals surface area contributed by atoms with Gasteiger partial charge in [-0.3, -0.25) is 0 Å². The molecule has 2 unspecified atom stereocenters. The minimum absolute atomic E-state index is 0.366. The molecule has 1 aromatic rings. The molecule has 1 rings (SSSR count). The molecule has 2 atom stereocenters. The molecule has 22 heavy (non-hydrogen) atoms. The topological polar surface area (TPSA) is 61.3 Å². The van der Waals surface area contributed by atoms with Crippen molar-refractivity contribution in [3.63, 3.8) is 0 Å². The van der Waals surface area contributed by atoms with E-state index in [0.717, 1.165) is 18.8 Å². The van der Waals surface area contributed by atoms with Crippen molar-refractivity contribution in [3.8, 4) is 5.75 Å². The first kappa shape index (κ1) is 19.0. The van der Waals surface area contributed by atoms with E-state index in [-0.39, 0.29) is 0 Å². The van der Waals surface area contributed by atoms with Crippen LogP contribution in [0.25, 0.3) is 0 Å². The molecule has 0 fully saturated rings. The summed E-state index contributed by atoms with van der Waals surface area (Å²) < 4.78 is 5.89. The molecule has 4 N–H and O–H groups in total. The van der Waals surface area contributed by atoms with Gasteiger partial charge in [0.05, 0.1) is 6.61 Å². The third-order valence-corrected chi connectivity index (χ3v) is 5.16. The Morgan fingerprint density at radius 2 is 1.64 bits per heavy atom. The fourth-order valence-corrected chi connectivity index (χ4v) is 3.32. The molecule has 0 saturated carbocycles. The minimum Gasteiger partial charge on any atom is -0.493 e. The maximum atomic E-state index is 5.89. The Labute approximate surface area is 136 Å². The summed E-state index contributed by atoms with van der Waals surface area (Å²) in [5, 5.41) is 0. The lowest BCUT2D eigenvalue weighted by Gasteiger charge is -2.30. The van der Waals surface area contributed by atoms with Crippen LogP contribution in [-0.4, -0.2) is 19.7 Å². The van der Waals surface area contributed by atoms with Crippen LogP contribution in [0.3, 0.4) is 0 Å². The van der Waals surface area contributed by atoms with Crippen molar-refractivity contribution in [3.05, 3.63) is 28.3 Å². The lowest BCUT2D eigenvalue weighted by atomic mass is 9.76. The van der Waals surface area contributed by atoms with Crippen molar-refractivity contribution in [1.29, 1.82) is 0 Å². The summed E-state index contributed by atoms with van der Waals surface area (Å²) >= 11 is 0. The van der Waals surface area contributed by atoms with Crippen molar-refractivity contribution in [2.24, 2.45) is 23.3 Å². The Balaban J connectivity index is 3.17. The van der Waals surface area contributed by atoms with E-state index in [1.165, 1.54) is 22.3 Å². The normalized spacial score (nSPS) is 14.2. The fourth-order valence-electron chi connectivity index (χ4n) is 3.32. The van der Waals surface area contributed by atoms with Crippen LogP contribution in [0.1, 0.15) is 55.4 Å². The Morgan fingerprint density at radius 3 is 2.14 bits per heavy atom. The molecule has 0 aliphatic rings. The monoisotopic (exact) mass is 306 g/mol. The van der Waals surface area contributed by atoms with E-state index < -0.39 is 0 Å². The number of ether oxygens (including phenoxy) is 1. The summed E-state index contributed by atoms with van der Waals surface area (Å²) in [6.45, 7) is 15.3. The van der Waals surface area contributed by atoms with Crippen LogP contribution in [-0.2, 0) is 0 Å². The van der Waals surface area contributed by atoms with E-state index in [4.69, 9.17) is 16.2 Å². The van der Waals surface area contributed by atoms with Crippen LogP contribution >= 0.6 is 0 Å². The smallest absolute Gasteiger partial charge is 0.122 e. The zero-order valence-electron chi connectivity index (χ0n) is 15.2. The number of nitrogens with two attached hydrogens (primary N) is 2. The second-order valence-electron chi connectivity index (χ2n) is 6.58. The van der Waals surface area contributed by atoms with Crippen LogP contribution in [0.5, 0.6) is 5.75 Å². The molecular formula is C19H34N2O. The number of aryl methyl sites for hydroxylation is 1. The van der Waals surface area contributed by atoms with Crippen molar-refractivity contribution < 1.29 is 4.74 Å². The van der Waals surface area contributed by atoms with Gasteiger partial charge in [-0.1, -0.05) is 20.8 Å². The highest BCUT2D eigenvalue weighted by Gasteiger charge is 2.25. The van der Waals surface area contributed by atoms with E-state index >= 15 is 0 Å². The van der Waals surface area contributed by atoms with E-state index in [2.05, 4.69) is 47.6 Å². The summed E-state index contributed by atoms with van der Waals surface area (Å²) in [7, 11) is 0. The molecule has 3 nitrogen and oxygen atoms in total. The molecule has 0 bridgehead atoms. The molecule has 0 saturated heterocycles. The van der Waals surface area contributed by atoms with Gasteiger partial charge in [0.1, 0.15) is 5.75 Å². The van der Waals surface area contributed by atoms with Crippen molar-refractivity contribution in [2.45, 2.75) is 53.9 Å². The van der Waals surface area contributed by atoms with Gasteiger partial charge in [-0.25, -0.2) is 0 Å². The highest BCUT2D eigenvalue weighted by Crippen LogP contribution is 2.37. The van der Waals surface area contributed by atoms with Crippen molar-refractivity contribution >= 4 is 0 Å². The van der Waals surface area contributed by atoms with Crippen LogP contribution in [0.4, 0.5) is 0 Å². The zero-order chi connectivity index (χ0) is 16.9. The first-order valence-electron chi connectivity index (χ1n) is 8.52. The molecule has 0 heterocycles. The Morgan fingerprint density at radius 1 is 1.05 bits per heavy atom. The van der Waals surface area contributed by atoms with Crippen LogP contribution in [0.15, 0.2) is 6.07 Å². The lowest BCUT2D eigenvalue weighted by molar-refractivity contribution is 0.312. The van der Waals surface area contributed by atoms with Gasteiger partial charge in [-0.15, -0.1) is 0 Å². The summed E-state index contributed by atoms with van der Waals surface area (Å²) in [6, 6.07) is 2.19. The second kappa shape index (κ2) is 8.54. The van der Waals surface area contributed by atoms with Crippen molar-refractivity contribution in [1.82, 2.24) is 0 Å². The quantitative estimate of drug-likeness (QED) is 0.770. The van der Waals surface area contributed by atoms with Crippen LogP contribution in [0, 0.1) is 32.6 Å². The lowest BCUT2D eigenvalue weighted by Crippen LogP contribution is -2.32. The largest absolute Gasteiger partial charge is 0.493 e. The fraction of sp³-hybridized carbons (Fsp3) is 0.684. The second-order valence-corrected chi connectivity index (χ2v) is 6.58. The molecule has 0 radical (unpaired) electrons. The van der Waals surface area contributed by atoms with Crippen LogP contribution in [0.2, 0.25) is 0 Å². The summed E-state index contributed by atoms with van der Waals surface area (Å²) in [6.07, 6.45) is 1.03. The van der Waals surface area contributed by atoms with Gasteiger partial charge in [0.25, 0.3) is 0 Å². The first-order chi connectivity index (χ1) is 10.4. The third-order valence-electron chi connectivity index (χ3n) is 5.16. The predicted molar refractivity (Wildman–Crippen MR) is 95.6 cm³/mol. The highest BCUT2D eigenvalue weighted by atomic mass is 16.5. The Bertz CT molecular complexity index is 481. The van der Waals surface area contributed by atoms with Crippen molar-refractivity contribution in [2.75, 3.05) is 19.7 Å². The summed E-state index contributed by atoms with van der Waals surface area (Å²) in [5.74, 6) is 2.30. The van der Waals surface area contributed by atoms with E-state index in [0.29, 0.717) is 30.8 Å². The van der Waals surface area contributed by atoms with Gasteiger partial charge in [0, 0.05) is 0 Å². The number of hydrogen-bond acceptors (Lipinski definition) is 3. The highest BCUT2D eigenvalue weighted by molar-refractivity contribution is 5.49. The summed E-state index contributed by atoms with van der Waals surface area (Å²) in [4.78, 5) is 0. The number of hydrogen-bond donors (Lipinski definition) is 2. The molecule has 0 aliphatic heterocycles. The van der Waals surface area contributed by atoms with Gasteiger partial charge >= 0.3 is 0 Å². The molecular weight excluding hydrogens is 272 g/mol. The molecule has 126 valence electrons. The minimum atomic E-state index is 0.366. The third kappa shape index (κ3) is 4.02. The molecule has 1 aromatic carbocycles. The average Bonchev–Trinajstić information content (AvgIpc) is 2.50. The Hall–Kier alpha value is -1.06.